The summed E-state index contributed by atoms with van der Waals surface area (Å²) in [7, 11) is 1.79. The predicted octanol–water partition coefficient (Wildman–Crippen LogP) is 2.73. The van der Waals surface area contributed by atoms with Crippen LogP contribution in [0.25, 0.3) is 0 Å². The molecule has 0 atom stereocenters. The molecule has 1 amide bonds. The lowest BCUT2D eigenvalue weighted by molar-refractivity contribution is -0.140. The van der Waals surface area contributed by atoms with Gasteiger partial charge in [-0.15, -0.1) is 12.4 Å². The second-order valence-electron chi connectivity index (χ2n) is 5.48. The number of amides is 1. The molecule has 0 radical (unpaired) electrons. The number of carbonyl (C=O) groups is 1. The highest BCUT2D eigenvalue weighted by Gasteiger charge is 2.41. The minimum atomic E-state index is -0.366. The predicted molar refractivity (Wildman–Crippen MR) is 80.1 cm³/mol. The molecular formula is C15H22ClFN2O. The maximum absolute atomic E-state index is 12.8. The summed E-state index contributed by atoms with van der Waals surface area (Å²) in [5, 5.41) is 0. The quantitative estimate of drug-likeness (QED) is 0.929. The Morgan fingerprint density at radius 2 is 1.85 bits per heavy atom. The second-order valence-corrected chi connectivity index (χ2v) is 5.48. The van der Waals surface area contributed by atoms with Gasteiger partial charge in [-0.2, -0.15) is 0 Å². The summed E-state index contributed by atoms with van der Waals surface area (Å²) >= 11 is 0. The normalized spacial score (nSPS) is 16.6. The van der Waals surface area contributed by atoms with E-state index in [0.29, 0.717) is 13.1 Å². The highest BCUT2D eigenvalue weighted by Crippen LogP contribution is 2.38. The minimum absolute atomic E-state index is 0. The Morgan fingerprint density at radius 1 is 1.30 bits per heavy atom. The Kier molecular flexibility index (Phi) is 5.96. The molecule has 1 aromatic rings. The highest BCUT2D eigenvalue weighted by atomic mass is 35.5. The van der Waals surface area contributed by atoms with Crippen LogP contribution in [0.4, 0.5) is 4.39 Å². The average Bonchev–Trinajstić information content (AvgIpc) is 2.90. The smallest absolute Gasteiger partial charge is 0.230 e. The first-order chi connectivity index (χ1) is 9.07. The van der Waals surface area contributed by atoms with E-state index in [1.54, 1.807) is 24.1 Å². The molecule has 2 rings (SSSR count). The van der Waals surface area contributed by atoms with Gasteiger partial charge >= 0.3 is 0 Å². The third-order valence-corrected chi connectivity index (χ3v) is 4.08. The van der Waals surface area contributed by atoms with Crippen molar-refractivity contribution >= 4 is 18.3 Å². The first-order valence-electron chi connectivity index (χ1n) is 6.77. The summed E-state index contributed by atoms with van der Waals surface area (Å²) < 4.78 is 12.8. The van der Waals surface area contributed by atoms with Crippen molar-refractivity contribution in [2.24, 2.45) is 11.1 Å². The van der Waals surface area contributed by atoms with Gasteiger partial charge in [0, 0.05) is 20.1 Å². The molecule has 1 fully saturated rings. The maximum atomic E-state index is 12.8. The van der Waals surface area contributed by atoms with E-state index in [-0.39, 0.29) is 29.5 Å². The molecular weight excluding hydrogens is 279 g/mol. The molecule has 2 N–H and O–H groups in total. The van der Waals surface area contributed by atoms with E-state index in [4.69, 9.17) is 5.73 Å². The van der Waals surface area contributed by atoms with Crippen LogP contribution >= 0.6 is 12.4 Å². The fourth-order valence-corrected chi connectivity index (χ4v) is 2.90. The van der Waals surface area contributed by atoms with Crippen LogP contribution in [0.1, 0.15) is 31.2 Å². The van der Waals surface area contributed by atoms with Crippen molar-refractivity contribution in [3.05, 3.63) is 35.6 Å². The maximum Gasteiger partial charge on any atom is 0.230 e. The molecule has 0 aliphatic heterocycles. The van der Waals surface area contributed by atoms with E-state index in [9.17, 15) is 9.18 Å². The summed E-state index contributed by atoms with van der Waals surface area (Å²) in [5.41, 5.74) is 6.39. The molecule has 0 saturated heterocycles. The van der Waals surface area contributed by atoms with Crippen molar-refractivity contribution in [2.45, 2.75) is 32.2 Å². The number of nitrogens with zero attached hydrogens (tertiary/aromatic N) is 1. The van der Waals surface area contributed by atoms with Crippen molar-refractivity contribution in [3.8, 4) is 0 Å². The van der Waals surface area contributed by atoms with Crippen molar-refractivity contribution < 1.29 is 9.18 Å². The number of carbonyl (C=O) groups excluding carboxylic acids is 1. The number of benzene rings is 1. The number of hydrogen-bond donors (Lipinski definition) is 1. The molecule has 5 heteroatoms. The van der Waals surface area contributed by atoms with E-state index >= 15 is 0 Å². The Hall–Kier alpha value is -1.13. The molecule has 0 heterocycles. The van der Waals surface area contributed by atoms with Gasteiger partial charge in [0.1, 0.15) is 5.82 Å². The minimum Gasteiger partial charge on any atom is -0.341 e. The molecule has 20 heavy (non-hydrogen) atoms. The standard InChI is InChI=1S/C15H21FN2O.ClH/c1-18(10-12-4-6-13(16)7-5-12)14(19)15(11-17)8-2-3-9-15;/h4-7H,2-3,8-11,17H2,1H3;1H. The van der Waals surface area contributed by atoms with E-state index < -0.39 is 0 Å². The van der Waals surface area contributed by atoms with E-state index in [1.807, 2.05) is 0 Å². The van der Waals surface area contributed by atoms with Crippen LogP contribution in [0.3, 0.4) is 0 Å². The summed E-state index contributed by atoms with van der Waals surface area (Å²) in [6, 6.07) is 6.26. The van der Waals surface area contributed by atoms with Gasteiger partial charge in [0.25, 0.3) is 0 Å². The van der Waals surface area contributed by atoms with Crippen LogP contribution < -0.4 is 5.73 Å². The van der Waals surface area contributed by atoms with Gasteiger partial charge in [-0.3, -0.25) is 4.79 Å². The first-order valence-corrected chi connectivity index (χ1v) is 6.77. The van der Waals surface area contributed by atoms with Crippen molar-refractivity contribution in [1.82, 2.24) is 4.90 Å². The molecule has 0 aromatic heterocycles. The van der Waals surface area contributed by atoms with Crippen molar-refractivity contribution in [3.63, 3.8) is 0 Å². The van der Waals surface area contributed by atoms with Crippen LogP contribution in [0.15, 0.2) is 24.3 Å². The zero-order valence-electron chi connectivity index (χ0n) is 11.8. The molecule has 3 nitrogen and oxygen atoms in total. The Bertz CT molecular complexity index is 444. The number of rotatable bonds is 4. The van der Waals surface area contributed by atoms with Crippen LogP contribution in [0, 0.1) is 11.2 Å². The lowest BCUT2D eigenvalue weighted by atomic mass is 9.84. The van der Waals surface area contributed by atoms with Gasteiger partial charge in [0.15, 0.2) is 0 Å². The molecule has 1 aromatic carbocycles. The summed E-state index contributed by atoms with van der Waals surface area (Å²) in [4.78, 5) is 14.3. The van der Waals surface area contributed by atoms with Gasteiger partial charge in [0.2, 0.25) is 5.91 Å². The molecule has 1 aliphatic carbocycles. The van der Waals surface area contributed by atoms with Crippen LogP contribution in [0.5, 0.6) is 0 Å². The second kappa shape index (κ2) is 7.04. The van der Waals surface area contributed by atoms with Gasteiger partial charge < -0.3 is 10.6 Å². The summed E-state index contributed by atoms with van der Waals surface area (Å²) in [6.45, 7) is 0.917. The Balaban J connectivity index is 0.00000200. The largest absolute Gasteiger partial charge is 0.341 e. The molecule has 0 spiro atoms. The zero-order chi connectivity index (χ0) is 13.9. The van der Waals surface area contributed by atoms with Gasteiger partial charge in [-0.05, 0) is 30.5 Å². The number of hydrogen-bond acceptors (Lipinski definition) is 2. The van der Waals surface area contributed by atoms with Crippen molar-refractivity contribution in [1.29, 1.82) is 0 Å². The lowest BCUT2D eigenvalue weighted by Crippen LogP contribution is -2.44. The Labute approximate surface area is 125 Å². The third kappa shape index (κ3) is 3.49. The summed E-state index contributed by atoms with van der Waals surface area (Å²) in [5.74, 6) is -0.135. The average molecular weight is 301 g/mol. The fraction of sp³-hybridized carbons (Fsp3) is 0.533. The molecule has 112 valence electrons. The topological polar surface area (TPSA) is 46.3 Å². The molecule has 0 unspecified atom stereocenters. The van der Waals surface area contributed by atoms with Crippen molar-refractivity contribution in [2.75, 3.05) is 13.6 Å². The van der Waals surface area contributed by atoms with E-state index in [1.165, 1.54) is 12.1 Å². The van der Waals surface area contributed by atoms with Crippen LogP contribution in [-0.4, -0.2) is 24.4 Å². The molecule has 0 bridgehead atoms. The lowest BCUT2D eigenvalue weighted by Gasteiger charge is -2.31. The number of halogens is 2. The summed E-state index contributed by atoms with van der Waals surface area (Å²) in [6.07, 6.45) is 3.92. The van der Waals surface area contributed by atoms with Crippen LogP contribution in [-0.2, 0) is 11.3 Å². The van der Waals surface area contributed by atoms with Gasteiger partial charge in [0.05, 0.1) is 5.41 Å². The molecule has 1 saturated carbocycles. The zero-order valence-corrected chi connectivity index (χ0v) is 12.6. The van der Waals surface area contributed by atoms with Gasteiger partial charge in [-0.25, -0.2) is 4.39 Å². The Morgan fingerprint density at radius 3 is 2.35 bits per heavy atom. The highest BCUT2D eigenvalue weighted by molar-refractivity contribution is 5.85. The third-order valence-electron chi connectivity index (χ3n) is 4.08. The van der Waals surface area contributed by atoms with Crippen LogP contribution in [0.2, 0.25) is 0 Å². The fourth-order valence-electron chi connectivity index (χ4n) is 2.90. The monoisotopic (exact) mass is 300 g/mol. The SMILES string of the molecule is CN(Cc1ccc(F)cc1)C(=O)C1(CN)CCCC1.Cl. The van der Waals surface area contributed by atoms with Gasteiger partial charge in [-0.1, -0.05) is 25.0 Å². The first kappa shape index (κ1) is 16.9. The van der Waals surface area contributed by atoms with E-state index in [0.717, 1.165) is 31.2 Å². The number of nitrogens with two attached hydrogens (primary N) is 1. The van der Waals surface area contributed by atoms with E-state index in [2.05, 4.69) is 0 Å². The molecule has 1 aliphatic rings.